The van der Waals surface area contributed by atoms with Gasteiger partial charge in [-0.1, -0.05) is 0 Å². The molecule has 2 N–H and O–H groups in total. The van der Waals surface area contributed by atoms with Crippen LogP contribution in [0.5, 0.6) is 0 Å². The number of amides is 1. The molecule has 0 unspecified atom stereocenters. The van der Waals surface area contributed by atoms with Crippen molar-refractivity contribution in [2.75, 3.05) is 0 Å². The molecule has 2 aromatic rings. The number of carbonyl (C=O) groups excluding carboxylic acids is 1. The molecule has 0 saturated carbocycles. The Morgan fingerprint density at radius 1 is 1.18 bits per heavy atom. The molecule has 7 nitrogen and oxygen atoms in total. The van der Waals surface area contributed by atoms with Crippen LogP contribution in [0.3, 0.4) is 0 Å². The van der Waals surface area contributed by atoms with Crippen molar-refractivity contribution in [2.24, 2.45) is 0 Å². The van der Waals surface area contributed by atoms with Crippen molar-refractivity contribution in [1.29, 1.82) is 0 Å². The average molecular weight is 302 g/mol. The number of nitrogens with one attached hydrogen (secondary N) is 1. The van der Waals surface area contributed by atoms with Gasteiger partial charge < -0.3 is 10.4 Å². The van der Waals surface area contributed by atoms with E-state index in [1.807, 2.05) is 0 Å². The van der Waals surface area contributed by atoms with Crippen LogP contribution in [-0.2, 0) is 4.79 Å². The lowest BCUT2D eigenvalue weighted by Crippen LogP contribution is -2.43. The average Bonchev–Trinajstić information content (AvgIpc) is 2.99. The number of aliphatic carboxylic acids is 1. The van der Waals surface area contributed by atoms with E-state index in [2.05, 4.69) is 15.5 Å². The molecule has 0 spiro atoms. The lowest BCUT2D eigenvalue weighted by molar-refractivity contribution is -0.137. The van der Waals surface area contributed by atoms with Crippen molar-refractivity contribution in [1.82, 2.24) is 20.1 Å². The van der Waals surface area contributed by atoms with Crippen LogP contribution in [0, 0.1) is 0 Å². The first-order valence-electron chi connectivity index (χ1n) is 6.87. The molecular weight excluding hydrogens is 284 g/mol. The third-order valence-corrected chi connectivity index (χ3v) is 3.26. The molecule has 0 aliphatic heterocycles. The Bertz CT molecular complexity index is 648. The van der Waals surface area contributed by atoms with Gasteiger partial charge in [0.15, 0.2) is 0 Å². The van der Waals surface area contributed by atoms with Gasteiger partial charge in [0, 0.05) is 23.2 Å². The van der Waals surface area contributed by atoms with Crippen LogP contribution in [0.1, 0.15) is 37.0 Å². The molecule has 0 saturated heterocycles. The number of carboxylic acid groups (broad SMARTS) is 1. The Balaban J connectivity index is 2.02. The maximum absolute atomic E-state index is 12.2. The lowest BCUT2D eigenvalue weighted by Gasteiger charge is -2.25. The summed E-state index contributed by atoms with van der Waals surface area (Å²) in [6.07, 6.45) is 3.53. The van der Waals surface area contributed by atoms with Gasteiger partial charge in [0.05, 0.1) is 0 Å². The minimum Gasteiger partial charge on any atom is -0.481 e. The molecule has 1 heterocycles. The molecule has 0 radical (unpaired) electrons. The maximum atomic E-state index is 12.2. The quantitative estimate of drug-likeness (QED) is 0.845. The minimum absolute atomic E-state index is 0.0137. The van der Waals surface area contributed by atoms with Crippen molar-refractivity contribution in [3.05, 3.63) is 42.5 Å². The van der Waals surface area contributed by atoms with Gasteiger partial charge in [-0.05, 0) is 44.5 Å². The lowest BCUT2D eigenvalue weighted by atomic mass is 9.97. The number of nitrogens with zero attached hydrogens (tertiary/aromatic N) is 3. The SMILES string of the molecule is CC(C)(CCC(=O)O)NC(=O)c1ccc(-n2cnnc2)cc1. The van der Waals surface area contributed by atoms with E-state index < -0.39 is 11.5 Å². The first-order valence-corrected chi connectivity index (χ1v) is 6.87. The molecule has 7 heteroatoms. The summed E-state index contributed by atoms with van der Waals surface area (Å²) in [4.78, 5) is 22.8. The summed E-state index contributed by atoms with van der Waals surface area (Å²) >= 11 is 0. The second-order valence-electron chi connectivity index (χ2n) is 5.65. The number of carboxylic acids is 1. The summed E-state index contributed by atoms with van der Waals surface area (Å²) in [5, 5.41) is 19.0. The van der Waals surface area contributed by atoms with Gasteiger partial charge in [-0.2, -0.15) is 0 Å². The summed E-state index contributed by atoms with van der Waals surface area (Å²) < 4.78 is 1.73. The van der Waals surface area contributed by atoms with Crippen molar-refractivity contribution < 1.29 is 14.7 Å². The maximum Gasteiger partial charge on any atom is 0.303 e. The minimum atomic E-state index is -0.874. The van der Waals surface area contributed by atoms with Gasteiger partial charge in [-0.25, -0.2) is 0 Å². The van der Waals surface area contributed by atoms with Gasteiger partial charge in [-0.15, -0.1) is 10.2 Å². The Kier molecular flexibility index (Phi) is 4.55. The van der Waals surface area contributed by atoms with Gasteiger partial charge in [-0.3, -0.25) is 14.2 Å². The van der Waals surface area contributed by atoms with Crippen LogP contribution in [0.25, 0.3) is 5.69 Å². The zero-order valence-corrected chi connectivity index (χ0v) is 12.5. The predicted octanol–water partition coefficient (Wildman–Crippen LogP) is 1.64. The van der Waals surface area contributed by atoms with E-state index in [1.54, 1.807) is 55.3 Å². The van der Waals surface area contributed by atoms with Crippen LogP contribution in [0.4, 0.5) is 0 Å². The molecule has 22 heavy (non-hydrogen) atoms. The third kappa shape index (κ3) is 4.15. The van der Waals surface area contributed by atoms with Crippen molar-refractivity contribution in [3.8, 4) is 5.69 Å². The molecule has 2 rings (SSSR count). The first kappa shape index (κ1) is 15.7. The number of hydrogen-bond acceptors (Lipinski definition) is 4. The van der Waals surface area contributed by atoms with Gasteiger partial charge in [0.25, 0.3) is 5.91 Å². The number of carbonyl (C=O) groups is 2. The molecule has 0 atom stereocenters. The highest BCUT2D eigenvalue weighted by molar-refractivity contribution is 5.94. The summed E-state index contributed by atoms with van der Waals surface area (Å²) in [7, 11) is 0. The van der Waals surface area contributed by atoms with E-state index in [-0.39, 0.29) is 12.3 Å². The third-order valence-electron chi connectivity index (χ3n) is 3.26. The van der Waals surface area contributed by atoms with E-state index in [0.29, 0.717) is 12.0 Å². The summed E-state index contributed by atoms with van der Waals surface area (Å²) in [6, 6.07) is 7.00. The highest BCUT2D eigenvalue weighted by Crippen LogP contribution is 2.14. The molecule has 1 aromatic carbocycles. The monoisotopic (exact) mass is 302 g/mol. The Morgan fingerprint density at radius 3 is 2.32 bits per heavy atom. The Morgan fingerprint density at radius 2 is 1.77 bits per heavy atom. The van der Waals surface area contributed by atoms with E-state index >= 15 is 0 Å². The fourth-order valence-corrected chi connectivity index (χ4v) is 1.98. The number of aromatic nitrogens is 3. The Labute approximate surface area is 128 Å². The zero-order valence-electron chi connectivity index (χ0n) is 12.5. The summed E-state index contributed by atoms with van der Waals surface area (Å²) in [5.74, 6) is -1.11. The number of hydrogen-bond donors (Lipinski definition) is 2. The van der Waals surface area contributed by atoms with E-state index in [0.717, 1.165) is 5.69 Å². The molecule has 0 fully saturated rings. The highest BCUT2D eigenvalue weighted by atomic mass is 16.4. The van der Waals surface area contributed by atoms with Crippen molar-refractivity contribution in [2.45, 2.75) is 32.2 Å². The van der Waals surface area contributed by atoms with Crippen LogP contribution in [0.2, 0.25) is 0 Å². The van der Waals surface area contributed by atoms with Crippen LogP contribution < -0.4 is 5.32 Å². The molecule has 0 aliphatic carbocycles. The Hall–Kier alpha value is -2.70. The van der Waals surface area contributed by atoms with Crippen LogP contribution in [-0.4, -0.2) is 37.3 Å². The van der Waals surface area contributed by atoms with E-state index in [9.17, 15) is 9.59 Å². The topological polar surface area (TPSA) is 97.1 Å². The largest absolute Gasteiger partial charge is 0.481 e. The van der Waals surface area contributed by atoms with Gasteiger partial charge in [0.1, 0.15) is 12.7 Å². The summed E-state index contributed by atoms with van der Waals surface area (Å²) in [5.41, 5.74) is 0.787. The molecule has 1 amide bonds. The number of benzene rings is 1. The zero-order chi connectivity index (χ0) is 16.2. The van der Waals surface area contributed by atoms with E-state index in [4.69, 9.17) is 5.11 Å². The molecule has 0 aliphatic rings. The first-order chi connectivity index (χ1) is 10.4. The second-order valence-corrected chi connectivity index (χ2v) is 5.65. The van der Waals surface area contributed by atoms with Crippen LogP contribution >= 0.6 is 0 Å². The van der Waals surface area contributed by atoms with Crippen molar-refractivity contribution >= 4 is 11.9 Å². The fourth-order valence-electron chi connectivity index (χ4n) is 1.98. The highest BCUT2D eigenvalue weighted by Gasteiger charge is 2.22. The standard InChI is InChI=1S/C15H18N4O3/c1-15(2,8-7-13(20)21)18-14(22)11-3-5-12(6-4-11)19-9-16-17-10-19/h3-6,9-10H,7-8H2,1-2H3,(H,18,22)(H,20,21). The second kappa shape index (κ2) is 6.38. The molecular formula is C15H18N4O3. The predicted molar refractivity (Wildman–Crippen MR) is 79.8 cm³/mol. The fraction of sp³-hybridized carbons (Fsp3) is 0.333. The number of rotatable bonds is 6. The summed E-state index contributed by atoms with van der Waals surface area (Å²) in [6.45, 7) is 3.61. The normalized spacial score (nSPS) is 11.2. The molecule has 1 aromatic heterocycles. The van der Waals surface area contributed by atoms with Gasteiger partial charge in [0.2, 0.25) is 0 Å². The molecule has 0 bridgehead atoms. The van der Waals surface area contributed by atoms with Gasteiger partial charge >= 0.3 is 5.97 Å². The van der Waals surface area contributed by atoms with E-state index in [1.165, 1.54) is 0 Å². The van der Waals surface area contributed by atoms with Crippen LogP contribution in [0.15, 0.2) is 36.9 Å². The smallest absolute Gasteiger partial charge is 0.303 e. The molecule has 116 valence electrons. The van der Waals surface area contributed by atoms with Crippen molar-refractivity contribution in [3.63, 3.8) is 0 Å².